The maximum absolute atomic E-state index is 13.9. The molecular formula is C22H25FN2O2. The van der Waals surface area contributed by atoms with Crippen molar-refractivity contribution in [1.29, 1.82) is 0 Å². The Morgan fingerprint density at radius 1 is 1.07 bits per heavy atom. The SMILES string of the molecule is CCCOc1ccccc1/C=C/C(=O)N1CCN(c2ccccc2F)CC1. The third-order valence-electron chi connectivity index (χ3n) is 4.57. The van der Waals surface area contributed by atoms with Crippen LogP contribution in [0.5, 0.6) is 5.75 Å². The number of hydrogen-bond donors (Lipinski definition) is 0. The van der Waals surface area contributed by atoms with Gasteiger partial charge in [-0.3, -0.25) is 4.79 Å². The molecule has 0 atom stereocenters. The number of nitrogens with zero attached hydrogens (tertiary/aromatic N) is 2. The van der Waals surface area contributed by atoms with E-state index in [0.29, 0.717) is 38.5 Å². The lowest BCUT2D eigenvalue weighted by molar-refractivity contribution is -0.126. The number of carbonyl (C=O) groups excluding carboxylic acids is 1. The van der Waals surface area contributed by atoms with Crippen molar-refractivity contribution in [3.63, 3.8) is 0 Å². The Balaban J connectivity index is 1.59. The van der Waals surface area contributed by atoms with Crippen LogP contribution in [-0.2, 0) is 4.79 Å². The number of rotatable bonds is 6. The molecule has 0 radical (unpaired) electrons. The minimum atomic E-state index is -0.221. The largest absolute Gasteiger partial charge is 0.493 e. The van der Waals surface area contributed by atoms with Crippen molar-refractivity contribution in [1.82, 2.24) is 4.90 Å². The molecule has 5 heteroatoms. The van der Waals surface area contributed by atoms with Gasteiger partial charge in [-0.1, -0.05) is 37.3 Å². The molecule has 1 aliphatic rings. The van der Waals surface area contributed by atoms with E-state index in [1.54, 1.807) is 29.2 Å². The number of piperazine rings is 1. The average molecular weight is 368 g/mol. The molecule has 0 N–H and O–H groups in total. The molecule has 0 aromatic heterocycles. The van der Waals surface area contributed by atoms with Crippen molar-refractivity contribution in [2.24, 2.45) is 0 Å². The second kappa shape index (κ2) is 9.21. The molecule has 142 valence electrons. The molecule has 4 nitrogen and oxygen atoms in total. The summed E-state index contributed by atoms with van der Waals surface area (Å²) in [5.41, 5.74) is 1.49. The van der Waals surface area contributed by atoms with Crippen LogP contribution < -0.4 is 9.64 Å². The first-order valence-electron chi connectivity index (χ1n) is 9.37. The molecule has 0 saturated carbocycles. The van der Waals surface area contributed by atoms with Crippen LogP contribution in [0, 0.1) is 5.82 Å². The summed E-state index contributed by atoms with van der Waals surface area (Å²) < 4.78 is 19.6. The van der Waals surface area contributed by atoms with Gasteiger partial charge in [0.2, 0.25) is 5.91 Å². The van der Waals surface area contributed by atoms with Gasteiger partial charge in [-0.25, -0.2) is 4.39 Å². The van der Waals surface area contributed by atoms with Gasteiger partial charge in [0.15, 0.2) is 0 Å². The Bertz CT molecular complexity index is 798. The van der Waals surface area contributed by atoms with Crippen LogP contribution in [0.2, 0.25) is 0 Å². The highest BCUT2D eigenvalue weighted by Crippen LogP contribution is 2.21. The maximum atomic E-state index is 13.9. The fourth-order valence-electron chi connectivity index (χ4n) is 3.10. The van der Waals surface area contributed by atoms with Crippen LogP contribution in [0.1, 0.15) is 18.9 Å². The molecule has 2 aromatic carbocycles. The molecule has 2 aromatic rings. The number of amides is 1. The summed E-state index contributed by atoms with van der Waals surface area (Å²) >= 11 is 0. The zero-order chi connectivity index (χ0) is 19.1. The van der Waals surface area contributed by atoms with Gasteiger partial charge >= 0.3 is 0 Å². The number of anilines is 1. The van der Waals surface area contributed by atoms with Crippen molar-refractivity contribution >= 4 is 17.7 Å². The van der Waals surface area contributed by atoms with Crippen molar-refractivity contribution < 1.29 is 13.9 Å². The Morgan fingerprint density at radius 2 is 1.78 bits per heavy atom. The summed E-state index contributed by atoms with van der Waals surface area (Å²) in [5.74, 6) is 0.530. The highest BCUT2D eigenvalue weighted by molar-refractivity contribution is 5.92. The van der Waals surface area contributed by atoms with Gasteiger partial charge in [-0.2, -0.15) is 0 Å². The molecule has 0 spiro atoms. The third-order valence-corrected chi connectivity index (χ3v) is 4.57. The Hall–Kier alpha value is -2.82. The summed E-state index contributed by atoms with van der Waals surface area (Å²) in [5, 5.41) is 0. The summed E-state index contributed by atoms with van der Waals surface area (Å²) in [4.78, 5) is 16.3. The van der Waals surface area contributed by atoms with E-state index in [9.17, 15) is 9.18 Å². The van der Waals surface area contributed by atoms with E-state index in [-0.39, 0.29) is 11.7 Å². The lowest BCUT2D eigenvalue weighted by Gasteiger charge is -2.35. The van der Waals surface area contributed by atoms with Crippen LogP contribution in [-0.4, -0.2) is 43.6 Å². The van der Waals surface area contributed by atoms with E-state index in [1.165, 1.54) is 6.07 Å². The predicted octanol–water partition coefficient (Wildman–Crippen LogP) is 3.98. The van der Waals surface area contributed by atoms with Gasteiger partial charge < -0.3 is 14.5 Å². The van der Waals surface area contributed by atoms with E-state index in [2.05, 4.69) is 6.92 Å². The molecule has 0 aliphatic carbocycles. The van der Waals surface area contributed by atoms with Crippen molar-refractivity contribution in [2.75, 3.05) is 37.7 Å². The fourth-order valence-corrected chi connectivity index (χ4v) is 3.10. The zero-order valence-electron chi connectivity index (χ0n) is 15.6. The first kappa shape index (κ1) is 19.0. The quantitative estimate of drug-likeness (QED) is 0.723. The van der Waals surface area contributed by atoms with Gasteiger partial charge in [0.05, 0.1) is 12.3 Å². The normalized spacial score (nSPS) is 14.6. The molecule has 1 heterocycles. The number of carbonyl (C=O) groups is 1. The maximum Gasteiger partial charge on any atom is 0.246 e. The number of halogens is 1. The first-order chi connectivity index (χ1) is 13.2. The average Bonchev–Trinajstić information content (AvgIpc) is 2.71. The third kappa shape index (κ3) is 4.88. The van der Waals surface area contributed by atoms with E-state index in [0.717, 1.165) is 17.7 Å². The van der Waals surface area contributed by atoms with Crippen molar-refractivity contribution in [3.8, 4) is 5.75 Å². The van der Waals surface area contributed by atoms with Gasteiger partial charge in [0.25, 0.3) is 0 Å². The van der Waals surface area contributed by atoms with Crippen LogP contribution >= 0.6 is 0 Å². The number of para-hydroxylation sites is 2. The second-order valence-corrected chi connectivity index (χ2v) is 6.48. The minimum Gasteiger partial charge on any atom is -0.493 e. The molecule has 0 bridgehead atoms. The van der Waals surface area contributed by atoms with E-state index >= 15 is 0 Å². The number of benzene rings is 2. The molecular weight excluding hydrogens is 343 g/mol. The Morgan fingerprint density at radius 3 is 2.52 bits per heavy atom. The first-order valence-corrected chi connectivity index (χ1v) is 9.37. The highest BCUT2D eigenvalue weighted by Gasteiger charge is 2.21. The van der Waals surface area contributed by atoms with Gasteiger partial charge in [0.1, 0.15) is 11.6 Å². The van der Waals surface area contributed by atoms with E-state index < -0.39 is 0 Å². The summed E-state index contributed by atoms with van der Waals surface area (Å²) in [7, 11) is 0. The topological polar surface area (TPSA) is 32.8 Å². The molecule has 0 unspecified atom stereocenters. The summed E-state index contributed by atoms with van der Waals surface area (Å²) in [6.45, 7) is 5.10. The number of ether oxygens (including phenoxy) is 1. The number of hydrogen-bond acceptors (Lipinski definition) is 3. The smallest absolute Gasteiger partial charge is 0.246 e. The Kier molecular flexibility index (Phi) is 6.47. The molecule has 27 heavy (non-hydrogen) atoms. The van der Waals surface area contributed by atoms with E-state index in [1.807, 2.05) is 35.2 Å². The van der Waals surface area contributed by atoms with E-state index in [4.69, 9.17) is 4.74 Å². The van der Waals surface area contributed by atoms with Crippen LogP contribution in [0.25, 0.3) is 6.08 Å². The van der Waals surface area contributed by atoms with Gasteiger partial charge in [0, 0.05) is 37.8 Å². The Labute approximate surface area is 159 Å². The molecule has 1 saturated heterocycles. The standard InChI is InChI=1S/C22H25FN2O2/c1-2-17-27-21-10-6-3-7-18(21)11-12-22(26)25-15-13-24(14-16-25)20-9-5-4-8-19(20)23/h3-12H,2,13-17H2,1H3/b12-11+. The second-order valence-electron chi connectivity index (χ2n) is 6.48. The monoisotopic (exact) mass is 368 g/mol. The van der Waals surface area contributed by atoms with Gasteiger partial charge in [-0.05, 0) is 30.7 Å². The summed E-state index contributed by atoms with van der Waals surface area (Å²) in [6.07, 6.45) is 4.33. The van der Waals surface area contributed by atoms with Crippen molar-refractivity contribution in [3.05, 3.63) is 66.0 Å². The van der Waals surface area contributed by atoms with Crippen LogP contribution in [0.15, 0.2) is 54.6 Å². The lowest BCUT2D eigenvalue weighted by Crippen LogP contribution is -2.48. The minimum absolute atomic E-state index is 0.0338. The predicted molar refractivity (Wildman–Crippen MR) is 106 cm³/mol. The fraction of sp³-hybridized carbons (Fsp3) is 0.318. The zero-order valence-corrected chi connectivity index (χ0v) is 15.6. The molecule has 1 fully saturated rings. The van der Waals surface area contributed by atoms with Crippen LogP contribution in [0.3, 0.4) is 0 Å². The van der Waals surface area contributed by atoms with Crippen molar-refractivity contribution in [2.45, 2.75) is 13.3 Å². The molecule has 1 aliphatic heterocycles. The highest BCUT2D eigenvalue weighted by atomic mass is 19.1. The van der Waals surface area contributed by atoms with Gasteiger partial charge in [-0.15, -0.1) is 0 Å². The van der Waals surface area contributed by atoms with Crippen LogP contribution in [0.4, 0.5) is 10.1 Å². The molecule has 3 rings (SSSR count). The summed E-state index contributed by atoms with van der Waals surface area (Å²) in [6, 6.07) is 14.5. The molecule has 1 amide bonds. The lowest BCUT2D eigenvalue weighted by atomic mass is 10.1.